The Morgan fingerprint density at radius 1 is 0.800 bits per heavy atom. The summed E-state index contributed by atoms with van der Waals surface area (Å²) in [4.78, 5) is 0. The minimum absolute atomic E-state index is 0.106. The average molecular weight is 471 g/mol. The van der Waals surface area contributed by atoms with Gasteiger partial charge >= 0.3 is 0 Å². The van der Waals surface area contributed by atoms with E-state index in [1.54, 1.807) is 0 Å². The monoisotopic (exact) mass is 470 g/mol. The molecule has 0 saturated heterocycles. The summed E-state index contributed by atoms with van der Waals surface area (Å²) in [5, 5.41) is 1.74. The van der Waals surface area contributed by atoms with Gasteiger partial charge in [0.1, 0.15) is 5.82 Å². The molecule has 3 aromatic carbocycles. The van der Waals surface area contributed by atoms with Gasteiger partial charge in [0.25, 0.3) is 0 Å². The molecule has 0 radical (unpaired) electrons. The van der Waals surface area contributed by atoms with E-state index in [0.29, 0.717) is 5.56 Å². The van der Waals surface area contributed by atoms with Crippen LogP contribution in [-0.4, -0.2) is 0 Å². The molecule has 0 aliphatic heterocycles. The molecule has 0 nitrogen and oxygen atoms in total. The summed E-state index contributed by atoms with van der Waals surface area (Å²) in [6.45, 7) is 6.08. The fourth-order valence-electron chi connectivity index (χ4n) is 5.88. The average Bonchev–Trinajstić information content (AvgIpc) is 2.90. The molecule has 0 aromatic heterocycles. The Morgan fingerprint density at radius 2 is 1.51 bits per heavy atom. The van der Waals surface area contributed by atoms with Crippen LogP contribution >= 0.6 is 0 Å². The molecule has 35 heavy (non-hydrogen) atoms. The Hall–Kier alpha value is -2.41. The fourth-order valence-corrected chi connectivity index (χ4v) is 5.88. The van der Waals surface area contributed by atoms with Crippen molar-refractivity contribution in [3.63, 3.8) is 0 Å². The van der Waals surface area contributed by atoms with Crippen molar-refractivity contribution in [2.75, 3.05) is 0 Å². The van der Waals surface area contributed by atoms with E-state index in [1.165, 1.54) is 75.3 Å². The van der Waals surface area contributed by atoms with Crippen molar-refractivity contribution in [2.24, 2.45) is 11.8 Å². The molecular formula is C34H43F. The highest BCUT2D eigenvalue weighted by Crippen LogP contribution is 2.35. The normalized spacial score (nSPS) is 18.1. The molecular weight excluding hydrogens is 427 g/mol. The lowest BCUT2D eigenvalue weighted by molar-refractivity contribution is 0.249. The van der Waals surface area contributed by atoms with E-state index in [-0.39, 0.29) is 5.82 Å². The van der Waals surface area contributed by atoms with Crippen LogP contribution in [0.3, 0.4) is 0 Å². The van der Waals surface area contributed by atoms with Crippen LogP contribution in [-0.2, 0) is 12.8 Å². The van der Waals surface area contributed by atoms with Crippen molar-refractivity contribution in [2.45, 2.75) is 90.4 Å². The third-order valence-electron chi connectivity index (χ3n) is 8.19. The van der Waals surface area contributed by atoms with E-state index in [9.17, 15) is 0 Å². The van der Waals surface area contributed by atoms with Crippen molar-refractivity contribution >= 4 is 10.8 Å². The van der Waals surface area contributed by atoms with Crippen molar-refractivity contribution in [3.8, 4) is 11.1 Å². The van der Waals surface area contributed by atoms with Crippen LogP contribution in [0.1, 0.15) is 88.7 Å². The predicted molar refractivity (Wildman–Crippen MR) is 150 cm³/mol. The van der Waals surface area contributed by atoms with Gasteiger partial charge in [0.05, 0.1) is 0 Å². The third-order valence-corrected chi connectivity index (χ3v) is 8.19. The Bertz CT molecular complexity index is 1070. The highest BCUT2D eigenvalue weighted by molar-refractivity contribution is 5.88. The van der Waals surface area contributed by atoms with Crippen LogP contribution in [0.25, 0.3) is 21.9 Å². The first-order valence-electron chi connectivity index (χ1n) is 14.1. The number of halogens is 1. The van der Waals surface area contributed by atoms with Crippen LogP contribution < -0.4 is 0 Å². The van der Waals surface area contributed by atoms with Crippen LogP contribution in [0.4, 0.5) is 4.39 Å². The zero-order chi connectivity index (χ0) is 24.5. The smallest absolute Gasteiger partial charge is 0.138 e. The van der Waals surface area contributed by atoms with Crippen LogP contribution in [0.15, 0.2) is 67.3 Å². The van der Waals surface area contributed by atoms with Crippen LogP contribution in [0.2, 0.25) is 0 Å². The summed E-state index contributed by atoms with van der Waals surface area (Å²) in [5.74, 6) is 1.74. The van der Waals surface area contributed by atoms with Crippen LogP contribution in [0, 0.1) is 17.7 Å². The molecule has 0 amide bonds. The number of benzene rings is 3. The Morgan fingerprint density at radius 3 is 2.23 bits per heavy atom. The van der Waals surface area contributed by atoms with Crippen molar-refractivity contribution in [1.29, 1.82) is 0 Å². The summed E-state index contributed by atoms with van der Waals surface area (Å²) in [5.41, 5.74) is 4.24. The number of hydrogen-bond donors (Lipinski definition) is 0. The fraction of sp³-hybridized carbons (Fsp3) is 0.471. The molecule has 1 heteroatoms. The number of hydrogen-bond acceptors (Lipinski definition) is 0. The van der Waals surface area contributed by atoms with Gasteiger partial charge in [-0.1, -0.05) is 125 Å². The summed E-state index contributed by atoms with van der Waals surface area (Å²) in [6, 6.07) is 18.7. The predicted octanol–water partition coefficient (Wildman–Crippen LogP) is 10.5. The first-order valence-corrected chi connectivity index (χ1v) is 14.1. The minimum atomic E-state index is -0.106. The van der Waals surface area contributed by atoms with Crippen LogP contribution in [0.5, 0.6) is 0 Å². The number of allylic oxidation sites excluding steroid dienone is 1. The van der Waals surface area contributed by atoms with Gasteiger partial charge in [-0.3, -0.25) is 0 Å². The molecule has 0 bridgehead atoms. The topological polar surface area (TPSA) is 0 Å². The molecule has 0 unspecified atom stereocenters. The molecule has 1 fully saturated rings. The van der Waals surface area contributed by atoms with E-state index >= 15 is 4.39 Å². The van der Waals surface area contributed by atoms with Crippen molar-refractivity contribution in [3.05, 3.63) is 84.2 Å². The zero-order valence-corrected chi connectivity index (χ0v) is 21.7. The third kappa shape index (κ3) is 7.06. The molecule has 4 rings (SSSR count). The second-order valence-corrected chi connectivity index (χ2v) is 10.8. The van der Waals surface area contributed by atoms with Gasteiger partial charge < -0.3 is 0 Å². The maximum Gasteiger partial charge on any atom is 0.138 e. The maximum atomic E-state index is 15.4. The van der Waals surface area contributed by atoms with Gasteiger partial charge in [0.15, 0.2) is 0 Å². The summed E-state index contributed by atoms with van der Waals surface area (Å²) < 4.78 is 15.4. The summed E-state index contributed by atoms with van der Waals surface area (Å²) >= 11 is 0. The number of aryl methyl sites for hydroxylation is 2. The number of fused-ring (bicyclic) bond motifs is 1. The number of unbranched alkanes of at least 4 members (excludes halogenated alkanes) is 3. The SMILES string of the molecule is C=CCCc1ccc(-c2ccc3cc(CC[C@H]4CC[C@H](CCCCCC)CC4)ccc3c2F)cc1. The maximum absolute atomic E-state index is 15.4. The van der Waals surface area contributed by atoms with Crippen molar-refractivity contribution in [1.82, 2.24) is 0 Å². The molecule has 0 spiro atoms. The van der Waals surface area contributed by atoms with E-state index in [2.05, 4.69) is 43.8 Å². The van der Waals surface area contributed by atoms with Gasteiger partial charge in [-0.25, -0.2) is 4.39 Å². The molecule has 3 aromatic rings. The van der Waals surface area contributed by atoms with E-state index in [4.69, 9.17) is 0 Å². The quantitative estimate of drug-likeness (QED) is 0.182. The Kier molecular flexibility index (Phi) is 9.57. The van der Waals surface area contributed by atoms with Gasteiger partial charge in [-0.2, -0.15) is 0 Å². The minimum Gasteiger partial charge on any atom is -0.206 e. The first kappa shape index (κ1) is 25.7. The second kappa shape index (κ2) is 13.1. The van der Waals surface area contributed by atoms with E-state index < -0.39 is 0 Å². The molecule has 0 atom stereocenters. The largest absolute Gasteiger partial charge is 0.206 e. The highest BCUT2D eigenvalue weighted by Gasteiger charge is 2.20. The summed E-state index contributed by atoms with van der Waals surface area (Å²) in [7, 11) is 0. The second-order valence-electron chi connectivity index (χ2n) is 10.8. The number of rotatable bonds is 12. The lowest BCUT2D eigenvalue weighted by Gasteiger charge is -2.28. The first-order chi connectivity index (χ1) is 17.2. The molecule has 0 N–H and O–H groups in total. The van der Waals surface area contributed by atoms with E-state index in [0.717, 1.165) is 47.4 Å². The Balaban J connectivity index is 1.33. The van der Waals surface area contributed by atoms with Crippen molar-refractivity contribution < 1.29 is 4.39 Å². The van der Waals surface area contributed by atoms with Gasteiger partial charge in [0, 0.05) is 10.9 Å². The molecule has 1 aliphatic rings. The standard InChI is InChI=1S/C34H43F/c1-3-5-7-8-10-27-11-13-28(14-12-27)15-16-29-19-23-33-31(25-29)22-24-32(34(33)35)30-20-17-26(18-21-30)9-6-4-2/h4,17-25,27-28H,2-3,5-16H2,1H3/t27-,28-. The molecule has 1 aliphatic carbocycles. The van der Waals surface area contributed by atoms with Gasteiger partial charge in [-0.05, 0) is 59.6 Å². The Labute approximate surface area is 212 Å². The van der Waals surface area contributed by atoms with Gasteiger partial charge in [-0.15, -0.1) is 6.58 Å². The lowest BCUT2D eigenvalue weighted by Crippen LogP contribution is -2.15. The summed E-state index contributed by atoms with van der Waals surface area (Å²) in [6.07, 6.45) is 18.9. The molecule has 1 saturated carbocycles. The lowest BCUT2D eigenvalue weighted by atomic mass is 9.77. The highest BCUT2D eigenvalue weighted by atomic mass is 19.1. The molecule has 186 valence electrons. The van der Waals surface area contributed by atoms with Gasteiger partial charge in [0.2, 0.25) is 0 Å². The van der Waals surface area contributed by atoms with E-state index in [1.807, 2.05) is 30.3 Å². The zero-order valence-electron chi connectivity index (χ0n) is 21.7. The molecule has 0 heterocycles.